The molecule has 5 nitrogen and oxygen atoms in total. The van der Waals surface area contributed by atoms with E-state index in [2.05, 4.69) is 15.6 Å². The van der Waals surface area contributed by atoms with Crippen molar-refractivity contribution in [3.05, 3.63) is 82.0 Å². The summed E-state index contributed by atoms with van der Waals surface area (Å²) in [5.41, 5.74) is 2.24. The van der Waals surface area contributed by atoms with Crippen molar-refractivity contribution in [2.45, 2.75) is 0 Å². The first-order valence-electron chi connectivity index (χ1n) is 7.54. The SMILES string of the molecule is N#Cc1ccc(NC(=O)c2ccc(Nc3cc(Cl)cc(Cl)c3)nc2)cc1. The van der Waals surface area contributed by atoms with E-state index in [4.69, 9.17) is 28.5 Å². The fourth-order valence-corrected chi connectivity index (χ4v) is 2.73. The number of nitriles is 1. The van der Waals surface area contributed by atoms with Gasteiger partial charge in [0.25, 0.3) is 5.91 Å². The second-order valence-corrected chi connectivity index (χ2v) is 6.23. The van der Waals surface area contributed by atoms with Crippen LogP contribution in [-0.4, -0.2) is 10.9 Å². The number of anilines is 3. The molecule has 1 amide bonds. The van der Waals surface area contributed by atoms with Crippen molar-refractivity contribution in [1.29, 1.82) is 5.26 Å². The maximum absolute atomic E-state index is 12.3. The third-order valence-electron chi connectivity index (χ3n) is 3.43. The van der Waals surface area contributed by atoms with Crippen LogP contribution in [0.2, 0.25) is 10.0 Å². The zero-order valence-electron chi connectivity index (χ0n) is 13.3. The number of pyridine rings is 1. The summed E-state index contributed by atoms with van der Waals surface area (Å²) < 4.78 is 0. The first-order valence-corrected chi connectivity index (χ1v) is 8.30. The van der Waals surface area contributed by atoms with Crippen LogP contribution >= 0.6 is 23.2 Å². The smallest absolute Gasteiger partial charge is 0.257 e. The lowest BCUT2D eigenvalue weighted by Crippen LogP contribution is -2.12. The highest BCUT2D eigenvalue weighted by atomic mass is 35.5. The van der Waals surface area contributed by atoms with Gasteiger partial charge in [-0.15, -0.1) is 0 Å². The van der Waals surface area contributed by atoms with Gasteiger partial charge >= 0.3 is 0 Å². The summed E-state index contributed by atoms with van der Waals surface area (Å²) in [5, 5.41) is 15.6. The third-order valence-corrected chi connectivity index (χ3v) is 3.87. The number of carbonyl (C=O) groups excluding carboxylic acids is 1. The van der Waals surface area contributed by atoms with Crippen molar-refractivity contribution >= 4 is 46.3 Å². The van der Waals surface area contributed by atoms with Crippen LogP contribution in [0, 0.1) is 11.3 Å². The van der Waals surface area contributed by atoms with Gasteiger partial charge in [-0.2, -0.15) is 5.26 Å². The van der Waals surface area contributed by atoms with Crippen LogP contribution in [0.3, 0.4) is 0 Å². The van der Waals surface area contributed by atoms with E-state index in [1.165, 1.54) is 6.20 Å². The molecule has 0 spiro atoms. The zero-order valence-corrected chi connectivity index (χ0v) is 14.8. The van der Waals surface area contributed by atoms with Gasteiger partial charge in [0, 0.05) is 27.6 Å². The molecule has 0 aliphatic carbocycles. The molecule has 0 bridgehead atoms. The van der Waals surface area contributed by atoms with Crippen LogP contribution in [-0.2, 0) is 0 Å². The molecule has 0 unspecified atom stereocenters. The van der Waals surface area contributed by atoms with E-state index in [0.717, 1.165) is 0 Å². The number of nitrogens with one attached hydrogen (secondary N) is 2. The first-order chi connectivity index (χ1) is 12.5. The molecule has 2 aromatic carbocycles. The minimum absolute atomic E-state index is 0.292. The van der Waals surface area contributed by atoms with Crippen molar-refractivity contribution < 1.29 is 4.79 Å². The molecule has 0 aliphatic rings. The van der Waals surface area contributed by atoms with Crippen molar-refractivity contribution in [3.63, 3.8) is 0 Å². The summed E-state index contributed by atoms with van der Waals surface area (Å²) in [6, 6.07) is 17.1. The largest absolute Gasteiger partial charge is 0.340 e. The van der Waals surface area contributed by atoms with Gasteiger partial charge in [-0.1, -0.05) is 23.2 Å². The normalized spacial score (nSPS) is 10.0. The number of amides is 1. The molecule has 1 heterocycles. The predicted molar refractivity (Wildman–Crippen MR) is 103 cm³/mol. The molecular formula is C19H12Cl2N4O. The van der Waals surface area contributed by atoms with E-state index >= 15 is 0 Å². The molecule has 0 atom stereocenters. The second kappa shape index (κ2) is 7.87. The number of hydrogen-bond acceptors (Lipinski definition) is 4. The highest BCUT2D eigenvalue weighted by molar-refractivity contribution is 6.35. The van der Waals surface area contributed by atoms with E-state index < -0.39 is 0 Å². The van der Waals surface area contributed by atoms with Gasteiger partial charge in [0.2, 0.25) is 0 Å². The molecule has 0 aliphatic heterocycles. The Balaban J connectivity index is 1.68. The topological polar surface area (TPSA) is 77.8 Å². The van der Waals surface area contributed by atoms with E-state index in [1.54, 1.807) is 54.6 Å². The molecule has 3 aromatic rings. The lowest BCUT2D eigenvalue weighted by Gasteiger charge is -2.08. The van der Waals surface area contributed by atoms with Crippen molar-refractivity contribution in [1.82, 2.24) is 4.98 Å². The molecule has 0 saturated heterocycles. The van der Waals surface area contributed by atoms with E-state index in [0.29, 0.717) is 38.4 Å². The monoisotopic (exact) mass is 382 g/mol. The standard InChI is InChI=1S/C19H12Cl2N4O/c20-14-7-15(21)9-17(8-14)24-18-6-3-13(11-23-18)19(26)25-16-4-1-12(10-22)2-5-16/h1-9,11H,(H,23,24)(H,25,26). The van der Waals surface area contributed by atoms with Gasteiger partial charge in [-0.05, 0) is 54.6 Å². The fourth-order valence-electron chi connectivity index (χ4n) is 2.21. The van der Waals surface area contributed by atoms with Gasteiger partial charge in [0.15, 0.2) is 0 Å². The maximum atomic E-state index is 12.3. The van der Waals surface area contributed by atoms with Crippen molar-refractivity contribution in [3.8, 4) is 6.07 Å². The Hall–Kier alpha value is -3.07. The summed E-state index contributed by atoms with van der Waals surface area (Å²) in [6.07, 6.45) is 1.47. The molecule has 0 fully saturated rings. The number of aromatic nitrogens is 1. The molecule has 3 rings (SSSR count). The average Bonchev–Trinajstić information content (AvgIpc) is 2.62. The van der Waals surface area contributed by atoms with Gasteiger partial charge in [0.05, 0.1) is 17.2 Å². The summed E-state index contributed by atoms with van der Waals surface area (Å²) in [4.78, 5) is 16.5. The average molecular weight is 383 g/mol. The number of carbonyl (C=O) groups is 1. The minimum Gasteiger partial charge on any atom is -0.340 e. The molecule has 128 valence electrons. The molecule has 2 N–H and O–H groups in total. The molecular weight excluding hydrogens is 371 g/mol. The number of rotatable bonds is 4. The summed E-state index contributed by atoms with van der Waals surface area (Å²) in [6.45, 7) is 0. The zero-order chi connectivity index (χ0) is 18.5. The van der Waals surface area contributed by atoms with Crippen LogP contribution in [0.4, 0.5) is 17.2 Å². The summed E-state index contributed by atoms with van der Waals surface area (Å²) >= 11 is 11.9. The van der Waals surface area contributed by atoms with Gasteiger partial charge in [0.1, 0.15) is 5.82 Å². The lowest BCUT2D eigenvalue weighted by molar-refractivity contribution is 0.102. The Bertz CT molecular complexity index is 960. The lowest BCUT2D eigenvalue weighted by atomic mass is 10.2. The van der Waals surface area contributed by atoms with Gasteiger partial charge < -0.3 is 10.6 Å². The number of hydrogen-bond donors (Lipinski definition) is 2. The Labute approximate surface area is 160 Å². The molecule has 0 saturated carbocycles. The van der Waals surface area contributed by atoms with Gasteiger partial charge in [-0.25, -0.2) is 4.98 Å². The quantitative estimate of drug-likeness (QED) is 0.645. The second-order valence-electron chi connectivity index (χ2n) is 5.36. The van der Waals surface area contributed by atoms with Crippen LogP contribution in [0.5, 0.6) is 0 Å². The number of halogens is 2. The maximum Gasteiger partial charge on any atom is 0.257 e. The molecule has 0 radical (unpaired) electrons. The Morgan fingerprint density at radius 3 is 2.23 bits per heavy atom. The van der Waals surface area contributed by atoms with Crippen LogP contribution < -0.4 is 10.6 Å². The minimum atomic E-state index is -0.292. The van der Waals surface area contributed by atoms with E-state index in [9.17, 15) is 4.79 Å². The highest BCUT2D eigenvalue weighted by Crippen LogP contribution is 2.24. The molecule has 26 heavy (non-hydrogen) atoms. The van der Waals surface area contributed by atoms with Gasteiger partial charge in [-0.3, -0.25) is 4.79 Å². The molecule has 7 heteroatoms. The Morgan fingerprint density at radius 1 is 0.962 bits per heavy atom. The van der Waals surface area contributed by atoms with Crippen LogP contribution in [0.1, 0.15) is 15.9 Å². The van der Waals surface area contributed by atoms with Crippen molar-refractivity contribution in [2.24, 2.45) is 0 Å². The van der Waals surface area contributed by atoms with E-state index in [-0.39, 0.29) is 5.91 Å². The predicted octanol–water partition coefficient (Wildman–Crippen LogP) is 5.26. The highest BCUT2D eigenvalue weighted by Gasteiger charge is 2.07. The fraction of sp³-hybridized carbons (Fsp3) is 0. The summed E-state index contributed by atoms with van der Waals surface area (Å²) in [5.74, 6) is 0.262. The number of nitrogens with zero attached hydrogens (tertiary/aromatic N) is 2. The van der Waals surface area contributed by atoms with Crippen LogP contribution in [0.25, 0.3) is 0 Å². The Kier molecular flexibility index (Phi) is 5.37. The van der Waals surface area contributed by atoms with E-state index in [1.807, 2.05) is 6.07 Å². The van der Waals surface area contributed by atoms with Crippen molar-refractivity contribution in [2.75, 3.05) is 10.6 Å². The van der Waals surface area contributed by atoms with Crippen LogP contribution in [0.15, 0.2) is 60.8 Å². The Morgan fingerprint density at radius 2 is 1.65 bits per heavy atom. The first kappa shape index (κ1) is 17.7. The molecule has 1 aromatic heterocycles. The summed E-state index contributed by atoms with van der Waals surface area (Å²) in [7, 11) is 0. The number of benzene rings is 2. The third kappa shape index (κ3) is 4.51.